The van der Waals surface area contributed by atoms with Gasteiger partial charge >= 0.3 is 0 Å². The van der Waals surface area contributed by atoms with Crippen molar-refractivity contribution in [2.45, 2.75) is 0 Å². The monoisotopic (exact) mass is 188 g/mol. The smallest absolute Gasteiger partial charge is 0.167 e. The van der Waals surface area contributed by atoms with Crippen molar-refractivity contribution < 1.29 is 14.4 Å². The molecule has 1 heterocycles. The Kier molecular flexibility index (Phi) is 2.02. The van der Waals surface area contributed by atoms with E-state index in [4.69, 9.17) is 4.52 Å². The Morgan fingerprint density at radius 2 is 2.00 bits per heavy atom. The zero-order chi connectivity index (χ0) is 9.97. The highest BCUT2D eigenvalue weighted by molar-refractivity contribution is 5.84. The number of rotatable bonds is 2. The minimum Gasteiger partial charge on any atom is -0.543 e. The Balaban J connectivity index is 2.39. The highest BCUT2D eigenvalue weighted by Gasteiger charge is 2.05. The lowest BCUT2D eigenvalue weighted by atomic mass is 10.2. The number of hydrogen-bond donors (Lipinski definition) is 0. The van der Waals surface area contributed by atoms with Gasteiger partial charge in [-0.2, -0.15) is 0 Å². The molecule has 0 amide bonds. The number of nitrogens with zero attached hydrogens (tertiary/aromatic N) is 1. The quantitative estimate of drug-likeness (QED) is 0.695. The standard InChI is InChI=1S/C10H7NO3/c12-10(13)8-6-9(14-11-8)7-4-2-1-3-5-7/h1-6H,(H,12,13)/p-1. The molecule has 4 heteroatoms. The summed E-state index contributed by atoms with van der Waals surface area (Å²) in [6, 6.07) is 10.5. The second-order valence-corrected chi connectivity index (χ2v) is 2.73. The molecule has 2 aromatic rings. The summed E-state index contributed by atoms with van der Waals surface area (Å²) in [6.45, 7) is 0. The maximum atomic E-state index is 10.4. The van der Waals surface area contributed by atoms with Gasteiger partial charge in [0.15, 0.2) is 5.76 Å². The van der Waals surface area contributed by atoms with Gasteiger partial charge in [-0.3, -0.25) is 0 Å². The first-order valence-corrected chi connectivity index (χ1v) is 4.01. The summed E-state index contributed by atoms with van der Waals surface area (Å²) in [5.74, 6) is -0.916. The highest BCUT2D eigenvalue weighted by Crippen LogP contribution is 2.19. The van der Waals surface area contributed by atoms with Gasteiger partial charge < -0.3 is 14.4 Å². The molecular weight excluding hydrogens is 182 g/mol. The van der Waals surface area contributed by atoms with Gasteiger partial charge in [0.05, 0.1) is 5.97 Å². The number of carbonyl (C=O) groups is 1. The van der Waals surface area contributed by atoms with Crippen LogP contribution in [-0.2, 0) is 0 Å². The van der Waals surface area contributed by atoms with E-state index in [9.17, 15) is 9.90 Å². The third kappa shape index (κ3) is 1.50. The summed E-state index contributed by atoms with van der Waals surface area (Å²) in [6.07, 6.45) is 0. The maximum Gasteiger partial charge on any atom is 0.167 e. The van der Waals surface area contributed by atoms with E-state index in [2.05, 4.69) is 5.16 Å². The van der Waals surface area contributed by atoms with Crippen LogP contribution in [0.4, 0.5) is 0 Å². The first-order chi connectivity index (χ1) is 6.77. The van der Waals surface area contributed by atoms with Crippen LogP contribution in [0.15, 0.2) is 40.9 Å². The summed E-state index contributed by atoms with van der Waals surface area (Å²) >= 11 is 0. The number of aromatic nitrogens is 1. The second kappa shape index (κ2) is 3.33. The second-order valence-electron chi connectivity index (χ2n) is 2.73. The number of carboxylic acid groups (broad SMARTS) is 1. The summed E-state index contributed by atoms with van der Waals surface area (Å²) < 4.78 is 4.84. The van der Waals surface area contributed by atoms with Crippen LogP contribution in [-0.4, -0.2) is 11.1 Å². The van der Waals surface area contributed by atoms with Crippen LogP contribution in [0.5, 0.6) is 0 Å². The zero-order valence-corrected chi connectivity index (χ0v) is 7.14. The average Bonchev–Trinajstić information content (AvgIpc) is 2.68. The molecule has 14 heavy (non-hydrogen) atoms. The molecule has 0 aliphatic heterocycles. The molecule has 0 saturated carbocycles. The van der Waals surface area contributed by atoms with Crippen LogP contribution in [0.2, 0.25) is 0 Å². The molecule has 0 atom stereocenters. The van der Waals surface area contributed by atoms with E-state index in [0.717, 1.165) is 5.56 Å². The molecule has 0 aliphatic rings. The van der Waals surface area contributed by atoms with Crippen LogP contribution < -0.4 is 5.11 Å². The van der Waals surface area contributed by atoms with E-state index < -0.39 is 5.97 Å². The van der Waals surface area contributed by atoms with Crippen molar-refractivity contribution in [2.24, 2.45) is 0 Å². The van der Waals surface area contributed by atoms with Crippen molar-refractivity contribution in [3.63, 3.8) is 0 Å². The number of carboxylic acids is 1. The van der Waals surface area contributed by atoms with Gasteiger partial charge in [0.25, 0.3) is 0 Å². The first kappa shape index (κ1) is 8.50. The number of carbonyl (C=O) groups excluding carboxylic acids is 1. The lowest BCUT2D eigenvalue weighted by Crippen LogP contribution is -2.22. The van der Waals surface area contributed by atoms with Crippen molar-refractivity contribution in [3.05, 3.63) is 42.1 Å². The summed E-state index contributed by atoms with van der Waals surface area (Å²) in [5.41, 5.74) is 0.594. The van der Waals surface area contributed by atoms with E-state index in [-0.39, 0.29) is 5.69 Å². The summed E-state index contributed by atoms with van der Waals surface area (Å²) in [5, 5.41) is 13.8. The molecule has 2 rings (SSSR count). The van der Waals surface area contributed by atoms with Crippen LogP contribution >= 0.6 is 0 Å². The molecule has 70 valence electrons. The van der Waals surface area contributed by atoms with Crippen LogP contribution in [0.1, 0.15) is 10.5 Å². The third-order valence-electron chi connectivity index (χ3n) is 1.78. The number of hydrogen-bond acceptors (Lipinski definition) is 4. The van der Waals surface area contributed by atoms with Crippen molar-refractivity contribution in [2.75, 3.05) is 0 Å². The fraction of sp³-hybridized carbons (Fsp3) is 0. The molecular formula is C10H6NO3-. The highest BCUT2D eigenvalue weighted by atomic mass is 16.5. The molecule has 0 fully saturated rings. The van der Waals surface area contributed by atoms with Crippen LogP contribution in [0, 0.1) is 0 Å². The predicted molar refractivity (Wildman–Crippen MR) is 46.3 cm³/mol. The summed E-state index contributed by atoms with van der Waals surface area (Å²) in [7, 11) is 0. The van der Waals surface area contributed by atoms with Crippen molar-refractivity contribution >= 4 is 5.97 Å². The SMILES string of the molecule is O=C([O-])c1cc(-c2ccccc2)on1. The van der Waals surface area contributed by atoms with Crippen molar-refractivity contribution in [3.8, 4) is 11.3 Å². The van der Waals surface area contributed by atoms with Gasteiger partial charge in [0, 0.05) is 11.6 Å². The molecule has 0 aliphatic carbocycles. The topological polar surface area (TPSA) is 66.2 Å². The van der Waals surface area contributed by atoms with Gasteiger partial charge in [0.2, 0.25) is 0 Å². The van der Waals surface area contributed by atoms with E-state index in [1.807, 2.05) is 18.2 Å². The molecule has 1 aromatic heterocycles. The molecule has 0 radical (unpaired) electrons. The fourth-order valence-electron chi connectivity index (χ4n) is 1.11. The number of aromatic carboxylic acids is 1. The van der Waals surface area contributed by atoms with Crippen molar-refractivity contribution in [1.29, 1.82) is 0 Å². The maximum absolute atomic E-state index is 10.4. The Hall–Kier alpha value is -2.10. The Bertz CT molecular complexity index is 447. The first-order valence-electron chi connectivity index (χ1n) is 4.01. The van der Waals surface area contributed by atoms with Crippen LogP contribution in [0.3, 0.4) is 0 Å². The minimum atomic E-state index is -1.34. The van der Waals surface area contributed by atoms with Crippen molar-refractivity contribution in [1.82, 2.24) is 5.16 Å². The largest absolute Gasteiger partial charge is 0.543 e. The van der Waals surface area contributed by atoms with E-state index in [0.29, 0.717) is 5.76 Å². The molecule has 1 aromatic carbocycles. The van der Waals surface area contributed by atoms with E-state index in [1.54, 1.807) is 12.1 Å². The Morgan fingerprint density at radius 1 is 1.29 bits per heavy atom. The van der Waals surface area contributed by atoms with E-state index in [1.165, 1.54) is 6.07 Å². The molecule has 0 saturated heterocycles. The van der Waals surface area contributed by atoms with Gasteiger partial charge in [-0.05, 0) is 0 Å². The molecule has 0 unspecified atom stereocenters. The fourth-order valence-corrected chi connectivity index (χ4v) is 1.11. The van der Waals surface area contributed by atoms with Gasteiger partial charge in [-0.25, -0.2) is 0 Å². The third-order valence-corrected chi connectivity index (χ3v) is 1.78. The minimum absolute atomic E-state index is 0.191. The molecule has 4 nitrogen and oxygen atoms in total. The van der Waals surface area contributed by atoms with Gasteiger partial charge in [0.1, 0.15) is 5.69 Å². The lowest BCUT2D eigenvalue weighted by Gasteiger charge is -1.92. The number of benzene rings is 1. The molecule has 0 bridgehead atoms. The van der Waals surface area contributed by atoms with E-state index >= 15 is 0 Å². The van der Waals surface area contributed by atoms with Gasteiger partial charge in [-0.1, -0.05) is 35.5 Å². The normalized spacial score (nSPS) is 10.0. The molecule has 0 spiro atoms. The predicted octanol–water partition coefficient (Wildman–Crippen LogP) is 0.705. The van der Waals surface area contributed by atoms with Crippen LogP contribution in [0.25, 0.3) is 11.3 Å². The Morgan fingerprint density at radius 3 is 2.57 bits per heavy atom. The van der Waals surface area contributed by atoms with Gasteiger partial charge in [-0.15, -0.1) is 0 Å². The molecule has 0 N–H and O–H groups in total. The lowest BCUT2D eigenvalue weighted by molar-refractivity contribution is -0.255. The zero-order valence-electron chi connectivity index (χ0n) is 7.14. The summed E-state index contributed by atoms with van der Waals surface area (Å²) in [4.78, 5) is 10.4. The Labute approximate surface area is 79.8 Å². The average molecular weight is 188 g/mol.